The Kier molecular flexibility index (Phi) is 5.10. The number of benzene rings is 1. The van der Waals surface area contributed by atoms with Gasteiger partial charge in [0.15, 0.2) is 5.82 Å². The summed E-state index contributed by atoms with van der Waals surface area (Å²) in [6, 6.07) is 5.38. The fraction of sp³-hybridized carbons (Fsp3) is 0.407. The molecule has 9 nitrogen and oxygen atoms in total. The van der Waals surface area contributed by atoms with Crippen molar-refractivity contribution in [2.45, 2.75) is 50.4 Å². The van der Waals surface area contributed by atoms with Crippen LogP contribution in [0.4, 0.5) is 14.6 Å². The van der Waals surface area contributed by atoms with Gasteiger partial charge >= 0.3 is 11.7 Å². The first-order valence-corrected chi connectivity index (χ1v) is 12.9. The highest BCUT2D eigenvalue weighted by atomic mass is 19.1. The molecule has 4 aromatic rings. The van der Waals surface area contributed by atoms with Gasteiger partial charge in [0.2, 0.25) is 0 Å². The topological polar surface area (TPSA) is 103 Å². The highest BCUT2D eigenvalue weighted by Gasteiger charge is 2.52. The van der Waals surface area contributed by atoms with Crippen LogP contribution < -0.4 is 15.3 Å². The first-order chi connectivity index (χ1) is 18.3. The summed E-state index contributed by atoms with van der Waals surface area (Å²) < 4.78 is 36.5. The number of fused-ring (bicyclic) bond motifs is 3. The second-order valence-corrected chi connectivity index (χ2v) is 10.6. The number of anilines is 1. The van der Waals surface area contributed by atoms with Gasteiger partial charge < -0.3 is 19.6 Å². The van der Waals surface area contributed by atoms with E-state index in [1.54, 1.807) is 18.2 Å². The molecule has 3 aliphatic rings. The van der Waals surface area contributed by atoms with Gasteiger partial charge in [-0.3, -0.25) is 4.90 Å². The molecule has 0 unspecified atom stereocenters. The van der Waals surface area contributed by atoms with Crippen LogP contribution in [0.15, 0.2) is 41.5 Å². The standard InChI is InChI=1S/C27H27F2N7O2/c1-14-7-10-36(14)24-18-12-30-26(38-15(2)27-8-4-9-35(27)13-16(28)11-27)34-23(18)20(29)22(32-24)17-5-3-6-19-21(17)33-25(37)31-19/h3,5-6,12,14,16H,2,4,7-11,13H2,1H3,(H2,31,33,37)/t14-,16+,27-/m0/s1. The van der Waals surface area contributed by atoms with Crippen molar-refractivity contribution in [1.82, 2.24) is 29.8 Å². The molecular formula is C27H27F2N7O2. The number of para-hydroxylation sites is 1. The molecule has 3 fully saturated rings. The molecule has 0 spiro atoms. The minimum absolute atomic E-state index is 0.0436. The summed E-state index contributed by atoms with van der Waals surface area (Å²) in [4.78, 5) is 35.2. The molecule has 0 saturated carbocycles. The van der Waals surface area contributed by atoms with Gasteiger partial charge in [0.25, 0.3) is 0 Å². The minimum Gasteiger partial charge on any atom is -0.427 e. The van der Waals surface area contributed by atoms with Crippen molar-refractivity contribution in [2.24, 2.45) is 0 Å². The number of alkyl halides is 1. The number of aromatic amines is 2. The number of halogens is 2. The van der Waals surface area contributed by atoms with Crippen LogP contribution in [0.2, 0.25) is 0 Å². The lowest BCUT2D eigenvalue weighted by Gasteiger charge is -2.40. The molecule has 3 saturated heterocycles. The average Bonchev–Trinajstić information content (AvgIpc) is 3.56. The lowest BCUT2D eigenvalue weighted by atomic mass is 9.92. The summed E-state index contributed by atoms with van der Waals surface area (Å²) >= 11 is 0. The maximum absolute atomic E-state index is 16.2. The molecule has 38 heavy (non-hydrogen) atoms. The van der Waals surface area contributed by atoms with Gasteiger partial charge in [-0.25, -0.2) is 23.5 Å². The smallest absolute Gasteiger partial charge is 0.323 e. The number of ether oxygens (including phenoxy) is 1. The summed E-state index contributed by atoms with van der Waals surface area (Å²) in [5, 5.41) is 0.468. The van der Waals surface area contributed by atoms with E-state index in [2.05, 4.69) is 43.2 Å². The zero-order chi connectivity index (χ0) is 26.2. The number of rotatable bonds is 5. The van der Waals surface area contributed by atoms with E-state index in [9.17, 15) is 9.18 Å². The number of nitrogens with one attached hydrogen (secondary N) is 2. The molecule has 0 amide bonds. The third kappa shape index (κ3) is 3.37. The second kappa shape index (κ2) is 8.32. The number of hydrogen-bond donors (Lipinski definition) is 2. The van der Waals surface area contributed by atoms with E-state index in [0.717, 1.165) is 32.4 Å². The molecule has 2 N–H and O–H groups in total. The zero-order valence-corrected chi connectivity index (χ0v) is 20.9. The Bertz CT molecular complexity index is 1670. The zero-order valence-electron chi connectivity index (χ0n) is 20.9. The molecule has 0 radical (unpaired) electrons. The Morgan fingerprint density at radius 2 is 2.13 bits per heavy atom. The Labute approximate surface area is 216 Å². The molecular weight excluding hydrogens is 492 g/mol. The van der Waals surface area contributed by atoms with Gasteiger partial charge in [-0.05, 0) is 38.8 Å². The molecule has 7 rings (SSSR count). The largest absolute Gasteiger partial charge is 0.427 e. The Hall–Kier alpha value is -3.86. The number of imidazole rings is 1. The fourth-order valence-corrected chi connectivity index (χ4v) is 6.29. The van der Waals surface area contributed by atoms with E-state index >= 15 is 4.39 Å². The summed E-state index contributed by atoms with van der Waals surface area (Å²) in [7, 11) is 0. The first-order valence-electron chi connectivity index (χ1n) is 12.9. The van der Waals surface area contributed by atoms with Crippen LogP contribution in [-0.4, -0.2) is 67.2 Å². The van der Waals surface area contributed by atoms with Crippen LogP contribution in [0.5, 0.6) is 6.01 Å². The lowest BCUT2D eigenvalue weighted by molar-refractivity contribution is 0.171. The molecule has 1 aromatic carbocycles. The molecule has 0 aliphatic carbocycles. The maximum Gasteiger partial charge on any atom is 0.323 e. The quantitative estimate of drug-likeness (QED) is 0.383. The van der Waals surface area contributed by atoms with Crippen LogP contribution >= 0.6 is 0 Å². The lowest BCUT2D eigenvalue weighted by Crippen LogP contribution is -2.46. The third-order valence-corrected chi connectivity index (χ3v) is 8.37. The normalized spacial score (nSPS) is 25.2. The third-order valence-electron chi connectivity index (χ3n) is 8.37. The summed E-state index contributed by atoms with van der Waals surface area (Å²) in [5.41, 5.74) is 0.629. The van der Waals surface area contributed by atoms with Crippen molar-refractivity contribution >= 4 is 27.8 Å². The van der Waals surface area contributed by atoms with Crippen LogP contribution in [0.3, 0.4) is 0 Å². The minimum atomic E-state index is -0.942. The monoisotopic (exact) mass is 519 g/mol. The van der Waals surface area contributed by atoms with Gasteiger partial charge in [0.05, 0.1) is 22.0 Å². The number of H-pyrrole nitrogens is 2. The van der Waals surface area contributed by atoms with E-state index in [1.165, 1.54) is 6.20 Å². The van der Waals surface area contributed by atoms with Crippen molar-refractivity contribution in [3.8, 4) is 17.3 Å². The molecule has 3 aliphatic heterocycles. The SMILES string of the molecule is C=C(Oc1ncc2c(N3CC[C@@H]3C)nc(-c3cccc4[nH]c(=O)[nH]c34)c(F)c2n1)[C@@]12CCCN1C[C@H](F)C2. The highest BCUT2D eigenvalue weighted by Crippen LogP contribution is 2.45. The van der Waals surface area contributed by atoms with Crippen LogP contribution in [-0.2, 0) is 0 Å². The van der Waals surface area contributed by atoms with E-state index in [4.69, 9.17) is 9.72 Å². The first kappa shape index (κ1) is 23.3. The molecule has 3 atom stereocenters. The molecule has 0 bridgehead atoms. The summed E-state index contributed by atoms with van der Waals surface area (Å²) in [5.74, 6) is 0.317. The van der Waals surface area contributed by atoms with Gasteiger partial charge in [-0.15, -0.1) is 0 Å². The Morgan fingerprint density at radius 3 is 2.92 bits per heavy atom. The number of aromatic nitrogens is 5. The van der Waals surface area contributed by atoms with Crippen molar-refractivity contribution in [2.75, 3.05) is 24.5 Å². The van der Waals surface area contributed by atoms with Crippen molar-refractivity contribution < 1.29 is 13.5 Å². The molecule has 196 valence electrons. The fourth-order valence-electron chi connectivity index (χ4n) is 6.29. The van der Waals surface area contributed by atoms with Crippen molar-refractivity contribution in [3.05, 3.63) is 53.0 Å². The Balaban J connectivity index is 1.36. The van der Waals surface area contributed by atoms with Gasteiger partial charge in [-0.2, -0.15) is 4.98 Å². The average molecular weight is 520 g/mol. The van der Waals surface area contributed by atoms with E-state index in [0.29, 0.717) is 46.5 Å². The second-order valence-electron chi connectivity index (χ2n) is 10.6. The molecule has 11 heteroatoms. The summed E-state index contributed by atoms with van der Waals surface area (Å²) in [6.45, 7) is 8.12. The van der Waals surface area contributed by atoms with Crippen LogP contribution in [0, 0.1) is 5.82 Å². The number of hydrogen-bond acceptors (Lipinski definition) is 7. The van der Waals surface area contributed by atoms with Crippen molar-refractivity contribution in [1.29, 1.82) is 0 Å². The van der Waals surface area contributed by atoms with Gasteiger partial charge in [0.1, 0.15) is 29.0 Å². The maximum atomic E-state index is 16.2. The van der Waals surface area contributed by atoms with E-state index in [-0.39, 0.29) is 29.0 Å². The van der Waals surface area contributed by atoms with Crippen LogP contribution in [0.25, 0.3) is 33.2 Å². The Morgan fingerprint density at radius 1 is 1.26 bits per heavy atom. The van der Waals surface area contributed by atoms with Crippen LogP contribution in [0.1, 0.15) is 32.6 Å². The summed E-state index contributed by atoms with van der Waals surface area (Å²) in [6.07, 6.45) is 3.58. The van der Waals surface area contributed by atoms with E-state index in [1.807, 2.05) is 0 Å². The van der Waals surface area contributed by atoms with Gasteiger partial charge in [0, 0.05) is 37.3 Å². The van der Waals surface area contributed by atoms with Crippen molar-refractivity contribution in [3.63, 3.8) is 0 Å². The van der Waals surface area contributed by atoms with Gasteiger partial charge in [-0.1, -0.05) is 18.7 Å². The molecule has 3 aromatic heterocycles. The van der Waals surface area contributed by atoms with E-state index < -0.39 is 17.5 Å². The number of pyridine rings is 1. The molecule has 6 heterocycles. The number of nitrogens with zero attached hydrogens (tertiary/aromatic N) is 5. The predicted molar refractivity (Wildman–Crippen MR) is 139 cm³/mol. The predicted octanol–water partition coefficient (Wildman–Crippen LogP) is 4.07. The highest BCUT2D eigenvalue weighted by molar-refractivity contribution is 5.97.